The maximum atomic E-state index is 6.54. The number of nitrogens with zero attached hydrogens (tertiary/aromatic N) is 1. The van der Waals surface area contributed by atoms with Crippen LogP contribution in [-0.4, -0.2) is 23.0 Å². The average Bonchev–Trinajstić information content (AvgIpc) is 3.01. The van der Waals surface area contributed by atoms with E-state index in [4.69, 9.17) is 4.42 Å². The summed E-state index contributed by atoms with van der Waals surface area (Å²) in [5.41, 5.74) is 5.67. The van der Waals surface area contributed by atoms with Crippen molar-refractivity contribution < 1.29 is 4.42 Å². The van der Waals surface area contributed by atoms with E-state index in [2.05, 4.69) is 69.0 Å². The maximum Gasteiger partial charge on any atom is 0.139 e. The molecule has 3 aromatic rings. The van der Waals surface area contributed by atoms with Gasteiger partial charge in [0.2, 0.25) is 0 Å². The van der Waals surface area contributed by atoms with Crippen molar-refractivity contribution >= 4 is 21.9 Å². The van der Waals surface area contributed by atoms with Crippen LogP contribution in [0.25, 0.3) is 21.9 Å². The van der Waals surface area contributed by atoms with E-state index in [1.54, 1.807) is 0 Å². The molecule has 3 saturated heterocycles. The lowest BCUT2D eigenvalue weighted by molar-refractivity contribution is -0.156. The summed E-state index contributed by atoms with van der Waals surface area (Å²) in [5, 5.41) is 2.55. The smallest absolute Gasteiger partial charge is 0.139 e. The summed E-state index contributed by atoms with van der Waals surface area (Å²) >= 11 is 0. The molecule has 5 unspecified atom stereocenters. The molecule has 4 bridgehead atoms. The molecule has 0 N–H and O–H groups in total. The zero-order valence-electron chi connectivity index (χ0n) is 16.9. The molecule has 1 aliphatic carbocycles. The van der Waals surface area contributed by atoms with Crippen molar-refractivity contribution in [3.63, 3.8) is 0 Å². The van der Waals surface area contributed by atoms with Gasteiger partial charge in [0.25, 0.3) is 0 Å². The zero-order valence-corrected chi connectivity index (χ0v) is 16.9. The molecular weight excluding hydrogens is 330 g/mol. The van der Waals surface area contributed by atoms with Crippen LogP contribution >= 0.6 is 0 Å². The van der Waals surface area contributed by atoms with Crippen molar-refractivity contribution in [1.29, 1.82) is 0 Å². The van der Waals surface area contributed by atoms with Crippen molar-refractivity contribution in [2.45, 2.75) is 64.0 Å². The second-order valence-electron chi connectivity index (χ2n) is 10.1. The van der Waals surface area contributed by atoms with Crippen LogP contribution in [0.3, 0.4) is 0 Å². The number of para-hydroxylation sites is 1. The molecule has 27 heavy (non-hydrogen) atoms. The van der Waals surface area contributed by atoms with Crippen LogP contribution in [0.15, 0.2) is 40.8 Å². The van der Waals surface area contributed by atoms with Gasteiger partial charge in [-0.05, 0) is 70.4 Å². The van der Waals surface area contributed by atoms with Gasteiger partial charge < -0.3 is 4.42 Å². The predicted molar refractivity (Wildman–Crippen MR) is 111 cm³/mol. The fourth-order valence-electron chi connectivity index (χ4n) is 7.25. The Morgan fingerprint density at radius 1 is 1.04 bits per heavy atom. The number of furan rings is 1. The number of hydrogen-bond acceptors (Lipinski definition) is 2. The summed E-state index contributed by atoms with van der Waals surface area (Å²) in [6.45, 7) is 11.0. The minimum absolute atomic E-state index is 0.235. The van der Waals surface area contributed by atoms with Crippen LogP contribution in [0.1, 0.15) is 51.2 Å². The third-order valence-corrected chi connectivity index (χ3v) is 8.60. The number of rotatable bonds is 1. The summed E-state index contributed by atoms with van der Waals surface area (Å²) in [7, 11) is 0. The van der Waals surface area contributed by atoms with Gasteiger partial charge in [0, 0.05) is 39.9 Å². The molecule has 3 aliphatic heterocycles. The SMILES string of the molecule is Cc1ccc2c(oc3ccccc32)c1C12CC3CC(C1)C(C)(C)N(C3)C2C. The molecule has 5 atom stereocenters. The molecular formula is C25H29NO. The van der Waals surface area contributed by atoms with Gasteiger partial charge in [-0.3, -0.25) is 4.90 Å². The Morgan fingerprint density at radius 3 is 2.70 bits per heavy atom. The Hall–Kier alpha value is -1.80. The van der Waals surface area contributed by atoms with Gasteiger partial charge in [-0.15, -0.1) is 0 Å². The van der Waals surface area contributed by atoms with Crippen molar-refractivity contribution in [1.82, 2.24) is 4.90 Å². The highest BCUT2D eigenvalue weighted by Crippen LogP contribution is 2.62. The van der Waals surface area contributed by atoms with Crippen molar-refractivity contribution in [3.8, 4) is 0 Å². The van der Waals surface area contributed by atoms with Gasteiger partial charge in [0.05, 0.1) is 0 Å². The molecule has 1 saturated carbocycles. The first-order valence-corrected chi connectivity index (χ1v) is 10.6. The summed E-state index contributed by atoms with van der Waals surface area (Å²) in [6.07, 6.45) is 4.05. The van der Waals surface area contributed by atoms with E-state index in [1.165, 1.54) is 47.7 Å². The molecule has 140 valence electrons. The average molecular weight is 360 g/mol. The van der Waals surface area contributed by atoms with E-state index in [0.717, 1.165) is 23.0 Å². The molecule has 4 aliphatic rings. The largest absolute Gasteiger partial charge is 0.456 e. The number of benzene rings is 2. The Kier molecular flexibility index (Phi) is 2.98. The van der Waals surface area contributed by atoms with Gasteiger partial charge >= 0.3 is 0 Å². The van der Waals surface area contributed by atoms with Gasteiger partial charge in [0.1, 0.15) is 11.2 Å². The minimum Gasteiger partial charge on any atom is -0.456 e. The Labute approximate surface area is 161 Å². The Balaban J connectivity index is 1.65. The van der Waals surface area contributed by atoms with E-state index in [0.29, 0.717) is 11.6 Å². The Bertz CT molecular complexity index is 1080. The molecule has 1 aromatic heterocycles. The molecule has 4 heterocycles. The third-order valence-electron chi connectivity index (χ3n) is 8.60. The van der Waals surface area contributed by atoms with E-state index in [-0.39, 0.29) is 5.41 Å². The van der Waals surface area contributed by atoms with Gasteiger partial charge in [0.15, 0.2) is 0 Å². The van der Waals surface area contributed by atoms with Crippen LogP contribution in [0.4, 0.5) is 0 Å². The highest BCUT2D eigenvalue weighted by Gasteiger charge is 2.62. The van der Waals surface area contributed by atoms with E-state index in [1.807, 2.05) is 0 Å². The Morgan fingerprint density at radius 2 is 1.85 bits per heavy atom. The second-order valence-corrected chi connectivity index (χ2v) is 10.1. The van der Waals surface area contributed by atoms with Crippen molar-refractivity contribution in [2.24, 2.45) is 11.8 Å². The number of hydrogen-bond donors (Lipinski definition) is 0. The van der Waals surface area contributed by atoms with Crippen molar-refractivity contribution in [3.05, 3.63) is 47.5 Å². The van der Waals surface area contributed by atoms with E-state index >= 15 is 0 Å². The minimum atomic E-state index is 0.235. The van der Waals surface area contributed by atoms with Crippen LogP contribution in [0, 0.1) is 18.8 Å². The molecule has 0 spiro atoms. The lowest BCUT2D eigenvalue weighted by Gasteiger charge is -2.69. The van der Waals surface area contributed by atoms with Crippen molar-refractivity contribution in [2.75, 3.05) is 6.54 Å². The highest BCUT2D eigenvalue weighted by molar-refractivity contribution is 6.06. The first-order valence-electron chi connectivity index (χ1n) is 10.6. The van der Waals surface area contributed by atoms with Gasteiger partial charge in [-0.2, -0.15) is 0 Å². The summed E-state index contributed by atoms with van der Waals surface area (Å²) in [6, 6.07) is 13.7. The summed E-state index contributed by atoms with van der Waals surface area (Å²) < 4.78 is 6.54. The normalized spacial score (nSPS) is 36.7. The molecule has 0 radical (unpaired) electrons. The molecule has 7 rings (SSSR count). The summed E-state index contributed by atoms with van der Waals surface area (Å²) in [4.78, 5) is 2.83. The van der Waals surface area contributed by atoms with Crippen LogP contribution in [-0.2, 0) is 5.41 Å². The van der Waals surface area contributed by atoms with E-state index < -0.39 is 0 Å². The number of fused-ring (bicyclic) bond motifs is 3. The van der Waals surface area contributed by atoms with Crippen LogP contribution < -0.4 is 0 Å². The third kappa shape index (κ3) is 1.85. The lowest BCUT2D eigenvalue weighted by atomic mass is 9.49. The molecule has 4 fully saturated rings. The monoisotopic (exact) mass is 359 g/mol. The van der Waals surface area contributed by atoms with Crippen LogP contribution in [0.2, 0.25) is 0 Å². The van der Waals surface area contributed by atoms with Crippen LogP contribution in [0.5, 0.6) is 0 Å². The molecule has 2 heteroatoms. The number of piperidine rings is 3. The maximum absolute atomic E-state index is 6.54. The standard InChI is InChI=1S/C25H29NO/c1-15-9-10-20-19-7-5-6-8-21(19)27-23(20)22(15)25-12-17-11-18(13-25)24(3,4)26(14-17)16(25)2/h5-10,16-18H,11-14H2,1-4H3. The number of aryl methyl sites for hydroxylation is 1. The molecule has 2 aromatic carbocycles. The quantitative estimate of drug-likeness (QED) is 0.526. The lowest BCUT2D eigenvalue weighted by Crippen LogP contribution is -2.73. The fourth-order valence-corrected chi connectivity index (χ4v) is 7.25. The first-order chi connectivity index (χ1) is 12.9. The highest BCUT2D eigenvalue weighted by atomic mass is 16.3. The van der Waals surface area contributed by atoms with Gasteiger partial charge in [-0.1, -0.05) is 30.3 Å². The topological polar surface area (TPSA) is 16.4 Å². The fraction of sp³-hybridized carbons (Fsp3) is 0.520. The second kappa shape index (κ2) is 4.97. The van der Waals surface area contributed by atoms with E-state index in [9.17, 15) is 0 Å². The summed E-state index contributed by atoms with van der Waals surface area (Å²) in [5.74, 6) is 1.63. The van der Waals surface area contributed by atoms with Gasteiger partial charge in [-0.25, -0.2) is 0 Å². The predicted octanol–water partition coefficient (Wildman–Crippen LogP) is 6.04. The zero-order chi connectivity index (χ0) is 18.6. The first kappa shape index (κ1) is 16.2. The molecule has 0 amide bonds. The molecule has 2 nitrogen and oxygen atoms in total.